The summed E-state index contributed by atoms with van der Waals surface area (Å²) < 4.78 is 51.6. The van der Waals surface area contributed by atoms with Crippen molar-refractivity contribution >= 4 is 0 Å². The van der Waals surface area contributed by atoms with E-state index in [1.165, 1.54) is 0 Å². The normalized spacial score (nSPS) is 23.0. The molecule has 0 heterocycles. The average Bonchev–Trinajstić information content (AvgIpc) is 2.76. The molecule has 118 valence electrons. The lowest BCUT2D eigenvalue weighted by atomic mass is 10.0. The van der Waals surface area contributed by atoms with Gasteiger partial charge in [0, 0.05) is 18.7 Å². The second-order valence-electron chi connectivity index (χ2n) is 5.76. The van der Waals surface area contributed by atoms with Crippen LogP contribution in [0, 0.1) is 11.7 Å². The highest BCUT2D eigenvalue weighted by atomic mass is 19.4. The number of aliphatic hydroxyl groups is 1. The Morgan fingerprint density at radius 1 is 1.29 bits per heavy atom. The van der Waals surface area contributed by atoms with Crippen molar-refractivity contribution in [3.8, 4) is 0 Å². The molecule has 0 unspecified atom stereocenters. The lowest BCUT2D eigenvalue weighted by Crippen LogP contribution is -2.29. The summed E-state index contributed by atoms with van der Waals surface area (Å²) >= 11 is 0. The summed E-state index contributed by atoms with van der Waals surface area (Å²) in [4.78, 5) is 1.76. The number of aliphatic hydroxyl groups excluding tert-OH is 1. The molecule has 0 aliphatic heterocycles. The van der Waals surface area contributed by atoms with Gasteiger partial charge < -0.3 is 10.0 Å². The molecule has 1 fully saturated rings. The van der Waals surface area contributed by atoms with E-state index in [0.717, 1.165) is 37.5 Å². The molecule has 0 aromatic heterocycles. The summed E-state index contributed by atoms with van der Waals surface area (Å²) in [5, 5.41) is 9.76. The molecule has 1 N–H and O–H groups in total. The summed E-state index contributed by atoms with van der Waals surface area (Å²) in [6, 6.07) is 2.47. The van der Waals surface area contributed by atoms with Crippen molar-refractivity contribution in [2.24, 2.45) is 5.92 Å². The second kappa shape index (κ2) is 6.32. The van der Waals surface area contributed by atoms with E-state index in [1.54, 1.807) is 11.9 Å². The van der Waals surface area contributed by atoms with E-state index in [1.807, 2.05) is 0 Å². The maximum absolute atomic E-state index is 13.7. The Bertz CT molecular complexity index is 489. The van der Waals surface area contributed by atoms with Crippen LogP contribution in [0.15, 0.2) is 18.2 Å². The van der Waals surface area contributed by atoms with E-state index in [-0.39, 0.29) is 24.1 Å². The molecule has 2 nitrogen and oxygen atoms in total. The van der Waals surface area contributed by atoms with E-state index < -0.39 is 17.6 Å². The van der Waals surface area contributed by atoms with Gasteiger partial charge >= 0.3 is 6.18 Å². The molecule has 6 heteroatoms. The predicted molar refractivity (Wildman–Crippen MR) is 71.1 cm³/mol. The molecule has 0 radical (unpaired) electrons. The van der Waals surface area contributed by atoms with Gasteiger partial charge in [-0.1, -0.05) is 6.42 Å². The van der Waals surface area contributed by atoms with Crippen molar-refractivity contribution in [2.45, 2.75) is 38.1 Å². The number of rotatable bonds is 4. The van der Waals surface area contributed by atoms with Crippen LogP contribution in [-0.4, -0.2) is 29.7 Å². The fraction of sp³-hybridized carbons (Fsp3) is 0.600. The minimum atomic E-state index is -4.47. The minimum Gasteiger partial charge on any atom is -0.393 e. The summed E-state index contributed by atoms with van der Waals surface area (Å²) in [7, 11) is 1.73. The molecular weight excluding hydrogens is 286 g/mol. The van der Waals surface area contributed by atoms with Crippen LogP contribution in [0.3, 0.4) is 0 Å². The molecule has 0 spiro atoms. The van der Waals surface area contributed by atoms with Gasteiger partial charge in [0.2, 0.25) is 0 Å². The summed E-state index contributed by atoms with van der Waals surface area (Å²) in [6.45, 7) is 0.649. The third-order valence-corrected chi connectivity index (χ3v) is 3.98. The zero-order chi connectivity index (χ0) is 15.6. The quantitative estimate of drug-likeness (QED) is 0.861. The highest BCUT2D eigenvalue weighted by Gasteiger charge is 2.31. The first-order valence-corrected chi connectivity index (χ1v) is 6.99. The smallest absolute Gasteiger partial charge is 0.393 e. The van der Waals surface area contributed by atoms with Crippen molar-refractivity contribution in [1.29, 1.82) is 0 Å². The number of halogens is 4. The molecule has 1 aromatic rings. The molecule has 2 atom stereocenters. The predicted octanol–water partition coefficient (Wildman–Crippen LogP) is 3.44. The highest BCUT2D eigenvalue weighted by molar-refractivity contribution is 5.27. The first-order chi connectivity index (χ1) is 9.77. The van der Waals surface area contributed by atoms with Crippen LogP contribution in [0.2, 0.25) is 0 Å². The maximum atomic E-state index is 13.7. The first kappa shape index (κ1) is 16.2. The van der Waals surface area contributed by atoms with Gasteiger partial charge in [-0.05, 0) is 44.0 Å². The molecule has 0 saturated heterocycles. The van der Waals surface area contributed by atoms with Crippen LogP contribution in [0.25, 0.3) is 0 Å². The maximum Gasteiger partial charge on any atom is 0.416 e. The van der Waals surface area contributed by atoms with Crippen molar-refractivity contribution < 1.29 is 22.7 Å². The molecule has 1 aromatic carbocycles. The Hall–Kier alpha value is -1.14. The highest BCUT2D eigenvalue weighted by Crippen LogP contribution is 2.31. The number of hydrogen-bond acceptors (Lipinski definition) is 2. The van der Waals surface area contributed by atoms with Gasteiger partial charge in [-0.2, -0.15) is 13.2 Å². The molecular formula is C15H19F4NO. The van der Waals surface area contributed by atoms with Crippen molar-refractivity contribution in [1.82, 2.24) is 4.90 Å². The van der Waals surface area contributed by atoms with Gasteiger partial charge in [-0.15, -0.1) is 0 Å². The van der Waals surface area contributed by atoms with Crippen LogP contribution in [-0.2, 0) is 12.7 Å². The van der Waals surface area contributed by atoms with Gasteiger partial charge in [0.05, 0.1) is 11.7 Å². The lowest BCUT2D eigenvalue weighted by molar-refractivity contribution is -0.137. The van der Waals surface area contributed by atoms with E-state index in [2.05, 4.69) is 0 Å². The van der Waals surface area contributed by atoms with Crippen molar-refractivity contribution in [2.75, 3.05) is 13.6 Å². The Labute approximate surface area is 121 Å². The van der Waals surface area contributed by atoms with Gasteiger partial charge in [-0.3, -0.25) is 0 Å². The zero-order valence-electron chi connectivity index (χ0n) is 11.8. The minimum absolute atomic E-state index is 0.0276. The van der Waals surface area contributed by atoms with Gasteiger partial charge in [0.25, 0.3) is 0 Å². The largest absolute Gasteiger partial charge is 0.416 e. The number of benzene rings is 1. The van der Waals surface area contributed by atoms with Crippen LogP contribution >= 0.6 is 0 Å². The number of nitrogens with zero attached hydrogens (tertiary/aromatic N) is 1. The SMILES string of the molecule is CN(Cc1cc(C(F)(F)F)ccc1F)C[C@H]1CCC[C@H]1O. The molecule has 2 rings (SSSR count). The second-order valence-corrected chi connectivity index (χ2v) is 5.76. The fourth-order valence-corrected chi connectivity index (χ4v) is 2.86. The summed E-state index contributed by atoms with van der Waals surface area (Å²) in [6.07, 6.45) is -2.22. The topological polar surface area (TPSA) is 23.5 Å². The number of hydrogen-bond donors (Lipinski definition) is 1. The molecule has 21 heavy (non-hydrogen) atoms. The third kappa shape index (κ3) is 4.17. The summed E-state index contributed by atoms with van der Waals surface area (Å²) in [5.41, 5.74) is -0.812. The number of alkyl halides is 3. The first-order valence-electron chi connectivity index (χ1n) is 6.99. The van der Waals surface area contributed by atoms with Gasteiger partial charge in [0.1, 0.15) is 5.82 Å². The van der Waals surface area contributed by atoms with E-state index in [4.69, 9.17) is 0 Å². The van der Waals surface area contributed by atoms with Crippen molar-refractivity contribution in [3.05, 3.63) is 35.1 Å². The van der Waals surface area contributed by atoms with Crippen molar-refractivity contribution in [3.63, 3.8) is 0 Å². The Kier molecular flexibility index (Phi) is 4.88. The fourth-order valence-electron chi connectivity index (χ4n) is 2.86. The monoisotopic (exact) mass is 305 g/mol. The average molecular weight is 305 g/mol. The van der Waals surface area contributed by atoms with Gasteiger partial charge in [0.15, 0.2) is 0 Å². The third-order valence-electron chi connectivity index (χ3n) is 3.98. The Balaban J connectivity index is 2.04. The van der Waals surface area contributed by atoms with Crippen LogP contribution in [0.1, 0.15) is 30.4 Å². The standard InChI is InChI=1S/C15H19F4NO/c1-20(8-10-3-2-4-14(10)21)9-11-7-12(15(17,18)19)5-6-13(11)16/h5-7,10,14,21H,2-4,8-9H2,1H3/t10-,14-/m1/s1. The van der Waals surface area contributed by atoms with Gasteiger partial charge in [-0.25, -0.2) is 4.39 Å². The van der Waals surface area contributed by atoms with Crippen LogP contribution in [0.5, 0.6) is 0 Å². The molecule has 0 amide bonds. The Morgan fingerprint density at radius 2 is 2.00 bits per heavy atom. The zero-order valence-corrected chi connectivity index (χ0v) is 11.8. The van der Waals surface area contributed by atoms with Crippen LogP contribution in [0.4, 0.5) is 17.6 Å². The van der Waals surface area contributed by atoms with E-state index in [0.29, 0.717) is 6.54 Å². The van der Waals surface area contributed by atoms with E-state index in [9.17, 15) is 22.7 Å². The molecule has 1 aliphatic carbocycles. The lowest BCUT2D eigenvalue weighted by Gasteiger charge is -2.23. The molecule has 1 saturated carbocycles. The van der Waals surface area contributed by atoms with Crippen LogP contribution < -0.4 is 0 Å². The molecule has 0 bridgehead atoms. The van der Waals surface area contributed by atoms with E-state index >= 15 is 0 Å². The molecule has 1 aliphatic rings. The Morgan fingerprint density at radius 3 is 2.57 bits per heavy atom. The summed E-state index contributed by atoms with van der Waals surface area (Å²) in [5.74, 6) is -0.523.